The molecule has 0 saturated heterocycles. The van der Waals surface area contributed by atoms with Crippen molar-refractivity contribution in [2.75, 3.05) is 0 Å². The Morgan fingerprint density at radius 1 is 1.64 bits per heavy atom. The second-order valence-electron chi connectivity index (χ2n) is 2.77. The maximum Gasteiger partial charge on any atom is 0.106 e. The van der Waals surface area contributed by atoms with Crippen LogP contribution in [0.4, 0.5) is 0 Å². The summed E-state index contributed by atoms with van der Waals surface area (Å²) in [6, 6.07) is 0.757. The summed E-state index contributed by atoms with van der Waals surface area (Å²) in [4.78, 5) is 4.47. The molecule has 2 aliphatic rings. The molecule has 0 spiro atoms. The third-order valence-corrected chi connectivity index (χ3v) is 2.90. The number of halogens is 1. The van der Waals surface area contributed by atoms with Crippen molar-refractivity contribution in [2.45, 2.75) is 19.0 Å². The van der Waals surface area contributed by atoms with Crippen LogP contribution in [0, 0.1) is 0 Å². The molecule has 1 aliphatic carbocycles. The molecule has 1 heterocycles. The molecule has 1 N–H and O–H groups in total. The van der Waals surface area contributed by atoms with Crippen molar-refractivity contribution in [1.29, 1.82) is 0 Å². The maximum absolute atomic E-state index is 4.47. The summed E-state index contributed by atoms with van der Waals surface area (Å²) >= 11 is 2.35. The lowest BCUT2D eigenvalue weighted by molar-refractivity contribution is 0.691. The molecule has 2 atom stereocenters. The fourth-order valence-electron chi connectivity index (χ4n) is 1.40. The number of allylic oxidation sites excluding steroid dienone is 2. The molecule has 1 aliphatic heterocycles. The second-order valence-corrected chi connectivity index (χ2v) is 4.01. The highest BCUT2D eigenvalue weighted by Gasteiger charge is 2.27. The van der Waals surface area contributed by atoms with Gasteiger partial charge in [0, 0.05) is 3.58 Å². The highest BCUT2D eigenvalue weighted by atomic mass is 127. The molecule has 0 aromatic heterocycles. The third-order valence-electron chi connectivity index (χ3n) is 1.90. The molecular formula is C8H9IN2. The van der Waals surface area contributed by atoms with Gasteiger partial charge in [-0.25, -0.2) is 0 Å². The van der Waals surface area contributed by atoms with Gasteiger partial charge < -0.3 is 5.32 Å². The predicted octanol–water partition coefficient (Wildman–Crippen LogP) is 1.63. The molecule has 2 nitrogen and oxygen atoms in total. The number of hydrogen-bond acceptors (Lipinski definition) is 2. The van der Waals surface area contributed by atoms with E-state index in [1.54, 1.807) is 0 Å². The summed E-state index contributed by atoms with van der Waals surface area (Å²) in [5.74, 6) is 1.05. The number of nitrogens with zero attached hydrogens (tertiary/aromatic N) is 1. The van der Waals surface area contributed by atoms with E-state index in [1.807, 2.05) is 6.92 Å². The molecule has 58 valence electrons. The maximum atomic E-state index is 4.47. The van der Waals surface area contributed by atoms with E-state index in [1.165, 1.54) is 3.58 Å². The van der Waals surface area contributed by atoms with Gasteiger partial charge in [0.15, 0.2) is 0 Å². The number of amidine groups is 1. The normalized spacial score (nSPS) is 34.0. The van der Waals surface area contributed by atoms with E-state index in [-0.39, 0.29) is 0 Å². The van der Waals surface area contributed by atoms with Crippen LogP contribution in [-0.2, 0) is 0 Å². The summed E-state index contributed by atoms with van der Waals surface area (Å²) in [6.07, 6.45) is 6.36. The molecule has 0 aromatic carbocycles. The van der Waals surface area contributed by atoms with Crippen molar-refractivity contribution in [3.8, 4) is 0 Å². The van der Waals surface area contributed by atoms with Gasteiger partial charge in [-0.05, 0) is 29.5 Å². The molecule has 11 heavy (non-hydrogen) atoms. The number of rotatable bonds is 0. The van der Waals surface area contributed by atoms with E-state index >= 15 is 0 Å². The summed E-state index contributed by atoms with van der Waals surface area (Å²) < 4.78 is 1.32. The van der Waals surface area contributed by atoms with Crippen molar-refractivity contribution < 1.29 is 0 Å². The Hall–Kier alpha value is -0.320. The number of nitrogens with one attached hydrogen (secondary N) is 1. The number of fused-ring (bicyclic) bond motifs is 1. The lowest BCUT2D eigenvalue weighted by Crippen LogP contribution is -2.33. The van der Waals surface area contributed by atoms with Crippen LogP contribution in [0.5, 0.6) is 0 Å². The average Bonchev–Trinajstić information content (AvgIpc) is 2.31. The van der Waals surface area contributed by atoms with Gasteiger partial charge in [0.05, 0.1) is 11.9 Å². The van der Waals surface area contributed by atoms with Gasteiger partial charge in [-0.1, -0.05) is 18.2 Å². The molecule has 2 unspecified atom stereocenters. The van der Waals surface area contributed by atoms with Crippen LogP contribution in [0.25, 0.3) is 0 Å². The van der Waals surface area contributed by atoms with E-state index in [9.17, 15) is 0 Å². The highest BCUT2D eigenvalue weighted by molar-refractivity contribution is 14.1. The van der Waals surface area contributed by atoms with E-state index in [0.717, 1.165) is 5.84 Å². The first-order chi connectivity index (χ1) is 5.27. The van der Waals surface area contributed by atoms with Crippen LogP contribution < -0.4 is 5.32 Å². The molecule has 0 aromatic rings. The Balaban J connectivity index is 2.30. The predicted molar refractivity (Wildman–Crippen MR) is 55.1 cm³/mol. The lowest BCUT2D eigenvalue weighted by Gasteiger charge is -2.16. The molecule has 2 rings (SSSR count). The Bertz CT molecular complexity index is 265. The van der Waals surface area contributed by atoms with Crippen LogP contribution in [0.15, 0.2) is 26.8 Å². The van der Waals surface area contributed by atoms with Crippen LogP contribution >= 0.6 is 22.6 Å². The number of hydrogen-bond donors (Lipinski definition) is 1. The van der Waals surface area contributed by atoms with Gasteiger partial charge in [-0.2, -0.15) is 0 Å². The fraction of sp³-hybridized carbons (Fsp3) is 0.375. The number of aliphatic imine (C=N–C) groups is 1. The smallest absolute Gasteiger partial charge is 0.106 e. The minimum atomic E-state index is 0.348. The van der Waals surface area contributed by atoms with Crippen molar-refractivity contribution in [3.05, 3.63) is 21.8 Å². The van der Waals surface area contributed by atoms with Crippen LogP contribution in [-0.4, -0.2) is 17.9 Å². The van der Waals surface area contributed by atoms with Crippen LogP contribution in [0.3, 0.4) is 0 Å². The molecule has 0 bridgehead atoms. The zero-order valence-corrected chi connectivity index (χ0v) is 8.37. The highest BCUT2D eigenvalue weighted by Crippen LogP contribution is 2.25. The van der Waals surface area contributed by atoms with Gasteiger partial charge >= 0.3 is 0 Å². The Morgan fingerprint density at radius 3 is 3.18 bits per heavy atom. The van der Waals surface area contributed by atoms with E-state index in [4.69, 9.17) is 0 Å². The van der Waals surface area contributed by atoms with E-state index in [0.29, 0.717) is 12.1 Å². The van der Waals surface area contributed by atoms with Crippen molar-refractivity contribution >= 4 is 28.4 Å². The topological polar surface area (TPSA) is 24.4 Å². The van der Waals surface area contributed by atoms with Crippen molar-refractivity contribution in [2.24, 2.45) is 4.99 Å². The first-order valence-electron chi connectivity index (χ1n) is 3.62. The minimum Gasteiger partial charge on any atom is -0.365 e. The minimum absolute atomic E-state index is 0.348. The van der Waals surface area contributed by atoms with Crippen molar-refractivity contribution in [1.82, 2.24) is 5.32 Å². The van der Waals surface area contributed by atoms with Crippen LogP contribution in [0.1, 0.15) is 6.92 Å². The molecule has 0 saturated carbocycles. The monoisotopic (exact) mass is 260 g/mol. The molecule has 0 fully saturated rings. The molecule has 0 amide bonds. The first-order valence-corrected chi connectivity index (χ1v) is 4.70. The van der Waals surface area contributed by atoms with E-state index in [2.05, 4.69) is 51.1 Å². The second kappa shape index (κ2) is 2.62. The van der Waals surface area contributed by atoms with Gasteiger partial charge in [0.2, 0.25) is 0 Å². The summed E-state index contributed by atoms with van der Waals surface area (Å²) in [6.45, 7) is 2.01. The lowest BCUT2D eigenvalue weighted by atomic mass is 10.1. The van der Waals surface area contributed by atoms with Gasteiger partial charge in [-0.15, -0.1) is 0 Å². The summed E-state index contributed by atoms with van der Waals surface area (Å²) in [7, 11) is 0. The molecule has 0 radical (unpaired) electrons. The fourth-order valence-corrected chi connectivity index (χ4v) is 2.13. The van der Waals surface area contributed by atoms with Gasteiger partial charge in [-0.3, -0.25) is 4.99 Å². The standard InChI is InChI=1S/C8H9IN2/c1-5-10-7-4-2-3-6(9)8(7)11-5/h2-4,7-8H,1H3,(H,10,11). The van der Waals surface area contributed by atoms with E-state index < -0.39 is 0 Å². The molecule has 3 heteroatoms. The van der Waals surface area contributed by atoms with Gasteiger partial charge in [0.25, 0.3) is 0 Å². The zero-order valence-electron chi connectivity index (χ0n) is 6.21. The Morgan fingerprint density at radius 2 is 2.45 bits per heavy atom. The molecular weight excluding hydrogens is 251 g/mol. The first kappa shape index (κ1) is 7.34. The Labute approximate surface area is 79.6 Å². The summed E-state index contributed by atoms with van der Waals surface area (Å²) in [5, 5.41) is 3.30. The zero-order chi connectivity index (χ0) is 7.84. The quantitative estimate of drug-likeness (QED) is 0.658. The Kier molecular flexibility index (Phi) is 1.75. The largest absolute Gasteiger partial charge is 0.365 e. The SMILES string of the molecule is CC1=NC2C(I)=CC=CC2N1. The average molecular weight is 260 g/mol. The van der Waals surface area contributed by atoms with Crippen molar-refractivity contribution in [3.63, 3.8) is 0 Å². The third kappa shape index (κ3) is 1.21. The van der Waals surface area contributed by atoms with Crippen LogP contribution in [0.2, 0.25) is 0 Å². The summed E-state index contributed by atoms with van der Waals surface area (Å²) in [5.41, 5.74) is 0. The van der Waals surface area contributed by atoms with Gasteiger partial charge in [0.1, 0.15) is 6.04 Å².